The van der Waals surface area contributed by atoms with Gasteiger partial charge in [0.2, 0.25) is 0 Å². The van der Waals surface area contributed by atoms with Gasteiger partial charge in [0.05, 0.1) is 12.7 Å². The summed E-state index contributed by atoms with van der Waals surface area (Å²) in [4.78, 5) is 39.6. The van der Waals surface area contributed by atoms with E-state index in [1.165, 1.54) is 26.3 Å². The molecule has 0 aliphatic heterocycles. The Balaban J connectivity index is 1.72. The average Bonchev–Trinajstić information content (AvgIpc) is 2.74. The normalized spacial score (nSPS) is 10.1. The highest BCUT2D eigenvalue weighted by molar-refractivity contribution is 6.04. The van der Waals surface area contributed by atoms with E-state index < -0.39 is 11.9 Å². The number of nitrogens with one attached hydrogen (secondary N) is 2. The molecule has 3 aromatic rings. The molecule has 1 aromatic heterocycles. The van der Waals surface area contributed by atoms with Gasteiger partial charge < -0.3 is 15.4 Å². The third-order valence-electron chi connectivity index (χ3n) is 4.11. The van der Waals surface area contributed by atoms with Crippen LogP contribution in [0.1, 0.15) is 38.1 Å². The molecule has 0 spiro atoms. The number of hydrogen-bond acceptors (Lipinski definition) is 6. The number of aromatic nitrogens is 1. The third kappa shape index (κ3) is 5.04. The van der Waals surface area contributed by atoms with E-state index in [1.807, 2.05) is 0 Å². The van der Waals surface area contributed by atoms with Crippen molar-refractivity contribution in [2.24, 2.45) is 0 Å². The van der Waals surface area contributed by atoms with Crippen LogP contribution in [0.2, 0.25) is 0 Å². The van der Waals surface area contributed by atoms with Gasteiger partial charge in [-0.15, -0.1) is 0 Å². The second-order valence-electron chi connectivity index (χ2n) is 6.21. The van der Waals surface area contributed by atoms with Gasteiger partial charge in [-0.2, -0.15) is 0 Å². The van der Waals surface area contributed by atoms with Crippen LogP contribution in [0.15, 0.2) is 66.9 Å². The van der Waals surface area contributed by atoms with Crippen LogP contribution in [0.5, 0.6) is 0 Å². The van der Waals surface area contributed by atoms with E-state index >= 15 is 0 Å². The fraction of sp³-hybridized carbons (Fsp3) is 0.0909. The first-order chi connectivity index (χ1) is 14.0. The summed E-state index contributed by atoms with van der Waals surface area (Å²) in [6.07, 6.45) is 1.52. The van der Waals surface area contributed by atoms with Crippen molar-refractivity contribution in [1.82, 2.24) is 4.98 Å². The van der Waals surface area contributed by atoms with E-state index in [0.717, 1.165) is 5.69 Å². The number of esters is 1. The monoisotopic (exact) mass is 389 g/mol. The molecule has 0 saturated heterocycles. The minimum absolute atomic E-state index is 0.00399. The number of carbonyl (C=O) groups is 3. The summed E-state index contributed by atoms with van der Waals surface area (Å²) in [5, 5.41) is 5.88. The maximum atomic E-state index is 12.5. The molecule has 146 valence electrons. The molecule has 7 nitrogen and oxygen atoms in total. The van der Waals surface area contributed by atoms with E-state index in [4.69, 9.17) is 0 Å². The zero-order chi connectivity index (χ0) is 20.8. The summed E-state index contributed by atoms with van der Waals surface area (Å²) in [7, 11) is 1.30. The predicted molar refractivity (Wildman–Crippen MR) is 110 cm³/mol. The van der Waals surface area contributed by atoms with Crippen LogP contribution in [-0.2, 0) is 4.74 Å². The molecule has 0 aliphatic rings. The fourth-order valence-electron chi connectivity index (χ4n) is 2.62. The van der Waals surface area contributed by atoms with Crippen molar-refractivity contribution in [2.45, 2.75) is 6.92 Å². The summed E-state index contributed by atoms with van der Waals surface area (Å²) in [5.41, 5.74) is 3.07. The lowest BCUT2D eigenvalue weighted by atomic mass is 10.1. The van der Waals surface area contributed by atoms with Gasteiger partial charge in [-0.05, 0) is 61.5 Å². The molecule has 0 aliphatic carbocycles. The third-order valence-corrected chi connectivity index (χ3v) is 4.11. The van der Waals surface area contributed by atoms with Crippen LogP contribution in [0.4, 0.5) is 17.1 Å². The number of ketones is 1. The molecule has 0 atom stereocenters. The van der Waals surface area contributed by atoms with E-state index in [2.05, 4.69) is 20.4 Å². The molecule has 2 aromatic carbocycles. The lowest BCUT2D eigenvalue weighted by molar-refractivity contribution is 0.0600. The molecule has 0 unspecified atom stereocenters. The number of anilines is 3. The topological polar surface area (TPSA) is 97.4 Å². The fourth-order valence-corrected chi connectivity index (χ4v) is 2.62. The quantitative estimate of drug-likeness (QED) is 0.487. The van der Waals surface area contributed by atoms with E-state index in [-0.39, 0.29) is 11.5 Å². The van der Waals surface area contributed by atoms with Crippen LogP contribution >= 0.6 is 0 Å². The lowest BCUT2D eigenvalue weighted by Crippen LogP contribution is -2.14. The molecule has 0 bridgehead atoms. The molecule has 2 N–H and O–H groups in total. The maximum absolute atomic E-state index is 12.5. The lowest BCUT2D eigenvalue weighted by Gasteiger charge is -2.09. The number of rotatable bonds is 6. The summed E-state index contributed by atoms with van der Waals surface area (Å²) in [6.45, 7) is 1.51. The van der Waals surface area contributed by atoms with Gasteiger partial charge in [0.15, 0.2) is 5.78 Å². The number of ether oxygens (including phenoxy) is 1. The van der Waals surface area contributed by atoms with Crippen molar-refractivity contribution >= 4 is 34.7 Å². The van der Waals surface area contributed by atoms with Crippen LogP contribution in [-0.4, -0.2) is 29.8 Å². The van der Waals surface area contributed by atoms with Crippen molar-refractivity contribution in [3.63, 3.8) is 0 Å². The minimum atomic E-state index is -0.485. The number of methoxy groups -OCH3 is 1. The highest BCUT2D eigenvalue weighted by Gasteiger charge is 2.11. The van der Waals surface area contributed by atoms with Gasteiger partial charge in [-0.25, -0.2) is 4.79 Å². The molecular formula is C22H19N3O4. The Hall–Kier alpha value is -4.00. The molecule has 1 heterocycles. The second kappa shape index (κ2) is 8.79. The average molecular weight is 389 g/mol. The Bertz CT molecular complexity index is 1060. The molecule has 0 fully saturated rings. The molecule has 29 heavy (non-hydrogen) atoms. The van der Waals surface area contributed by atoms with Crippen molar-refractivity contribution in [3.05, 3.63) is 83.7 Å². The SMILES string of the molecule is COC(=O)c1cccc(NC(=O)c2cc(Nc3ccc(C(C)=O)cc3)ccn2)c1. The standard InChI is InChI=1S/C22H19N3O4/c1-14(26)15-6-8-17(9-7-15)24-19-10-11-23-20(13-19)21(27)25-18-5-3-4-16(12-18)22(28)29-2/h3-13H,1-2H3,(H,23,24)(H,25,27). The zero-order valence-electron chi connectivity index (χ0n) is 15.9. The highest BCUT2D eigenvalue weighted by atomic mass is 16.5. The first kappa shape index (κ1) is 19.8. The number of benzene rings is 2. The Kier molecular flexibility index (Phi) is 5.99. The van der Waals surface area contributed by atoms with Crippen LogP contribution in [0.3, 0.4) is 0 Å². The predicted octanol–water partition coefficient (Wildman–Crippen LogP) is 4.07. The smallest absolute Gasteiger partial charge is 0.337 e. The van der Waals surface area contributed by atoms with Crippen molar-refractivity contribution in [3.8, 4) is 0 Å². The van der Waals surface area contributed by atoms with Gasteiger partial charge >= 0.3 is 5.97 Å². The summed E-state index contributed by atoms with van der Waals surface area (Å²) in [5.74, 6) is -0.903. The van der Waals surface area contributed by atoms with E-state index in [9.17, 15) is 14.4 Å². The van der Waals surface area contributed by atoms with E-state index in [0.29, 0.717) is 22.5 Å². The number of amides is 1. The van der Waals surface area contributed by atoms with Crippen LogP contribution in [0, 0.1) is 0 Å². The largest absolute Gasteiger partial charge is 0.465 e. The van der Waals surface area contributed by atoms with Gasteiger partial charge in [0, 0.05) is 28.8 Å². The number of carbonyl (C=O) groups excluding carboxylic acids is 3. The maximum Gasteiger partial charge on any atom is 0.337 e. The van der Waals surface area contributed by atoms with Crippen molar-refractivity contribution in [1.29, 1.82) is 0 Å². The van der Waals surface area contributed by atoms with E-state index in [1.54, 1.807) is 54.6 Å². The molecule has 0 saturated carbocycles. The number of Topliss-reactive ketones (excluding diaryl/α,β-unsaturated/α-hetero) is 1. The summed E-state index contributed by atoms with van der Waals surface area (Å²) >= 11 is 0. The zero-order valence-corrected chi connectivity index (χ0v) is 15.9. The van der Waals surface area contributed by atoms with Crippen LogP contribution in [0.25, 0.3) is 0 Å². The van der Waals surface area contributed by atoms with Crippen LogP contribution < -0.4 is 10.6 Å². The highest BCUT2D eigenvalue weighted by Crippen LogP contribution is 2.19. The van der Waals surface area contributed by atoms with Gasteiger partial charge in [-0.1, -0.05) is 6.07 Å². The molecule has 1 amide bonds. The molecule has 3 rings (SSSR count). The summed E-state index contributed by atoms with van der Waals surface area (Å²) in [6, 6.07) is 16.8. The van der Waals surface area contributed by atoms with Gasteiger partial charge in [0.25, 0.3) is 5.91 Å². The Morgan fingerprint density at radius 3 is 2.31 bits per heavy atom. The van der Waals surface area contributed by atoms with Crippen molar-refractivity contribution < 1.29 is 19.1 Å². The van der Waals surface area contributed by atoms with Crippen molar-refractivity contribution in [2.75, 3.05) is 17.7 Å². The minimum Gasteiger partial charge on any atom is -0.465 e. The molecular weight excluding hydrogens is 370 g/mol. The summed E-state index contributed by atoms with van der Waals surface area (Å²) < 4.78 is 4.68. The molecule has 0 radical (unpaired) electrons. The number of hydrogen-bond donors (Lipinski definition) is 2. The number of nitrogens with zero attached hydrogens (tertiary/aromatic N) is 1. The van der Waals surface area contributed by atoms with Gasteiger partial charge in [-0.3, -0.25) is 14.6 Å². The second-order valence-corrected chi connectivity index (χ2v) is 6.21. The Morgan fingerprint density at radius 1 is 0.862 bits per heavy atom. The Labute approximate surface area is 167 Å². The Morgan fingerprint density at radius 2 is 1.62 bits per heavy atom. The first-order valence-electron chi connectivity index (χ1n) is 8.80. The first-order valence-corrected chi connectivity index (χ1v) is 8.80. The molecule has 7 heteroatoms. The number of pyridine rings is 1. The van der Waals surface area contributed by atoms with Gasteiger partial charge in [0.1, 0.15) is 5.69 Å².